The van der Waals surface area contributed by atoms with E-state index in [-0.39, 0.29) is 16.4 Å². The maximum Gasteiger partial charge on any atom is 0.269 e. The fourth-order valence-corrected chi connectivity index (χ4v) is 3.08. The molecule has 1 fully saturated rings. The van der Waals surface area contributed by atoms with Gasteiger partial charge in [0.15, 0.2) is 0 Å². The maximum absolute atomic E-state index is 13.2. The number of nitrogens with zero attached hydrogens (tertiary/aromatic N) is 2. The van der Waals surface area contributed by atoms with Crippen molar-refractivity contribution in [3.8, 4) is 0 Å². The van der Waals surface area contributed by atoms with E-state index in [1.165, 1.54) is 18.2 Å². The van der Waals surface area contributed by atoms with E-state index in [2.05, 4.69) is 10.2 Å². The molecular formula is C18H20FN3O2. The zero-order valence-electron chi connectivity index (χ0n) is 13.3. The molecule has 0 unspecified atom stereocenters. The first-order valence-corrected chi connectivity index (χ1v) is 8.08. The third kappa shape index (κ3) is 4.29. The van der Waals surface area contributed by atoms with E-state index in [1.807, 2.05) is 12.1 Å². The molecule has 24 heavy (non-hydrogen) atoms. The third-order valence-corrected chi connectivity index (χ3v) is 4.31. The van der Waals surface area contributed by atoms with Gasteiger partial charge in [-0.1, -0.05) is 18.2 Å². The van der Waals surface area contributed by atoms with E-state index >= 15 is 0 Å². The van der Waals surface area contributed by atoms with Gasteiger partial charge in [-0.15, -0.1) is 0 Å². The number of likely N-dealkylation sites (tertiary alicyclic amines) is 1. The Kier molecular flexibility index (Phi) is 5.05. The van der Waals surface area contributed by atoms with Crippen LogP contribution in [0.5, 0.6) is 0 Å². The van der Waals surface area contributed by atoms with Gasteiger partial charge in [-0.25, -0.2) is 4.39 Å². The molecule has 0 aromatic heterocycles. The summed E-state index contributed by atoms with van der Waals surface area (Å²) in [7, 11) is 0. The smallest absolute Gasteiger partial charge is 0.269 e. The van der Waals surface area contributed by atoms with Crippen LogP contribution >= 0.6 is 0 Å². The first-order chi connectivity index (χ1) is 11.6. The second kappa shape index (κ2) is 7.40. The van der Waals surface area contributed by atoms with E-state index < -0.39 is 0 Å². The van der Waals surface area contributed by atoms with Crippen molar-refractivity contribution in [3.05, 3.63) is 70.0 Å². The Hall–Kier alpha value is -2.47. The summed E-state index contributed by atoms with van der Waals surface area (Å²) >= 11 is 0. The quantitative estimate of drug-likeness (QED) is 0.669. The lowest BCUT2D eigenvalue weighted by atomic mass is 10.0. The molecule has 2 aromatic carbocycles. The van der Waals surface area contributed by atoms with Crippen LogP contribution in [-0.4, -0.2) is 29.0 Å². The Morgan fingerprint density at radius 2 is 1.92 bits per heavy atom. The summed E-state index contributed by atoms with van der Waals surface area (Å²) in [6, 6.07) is 13.6. The fourth-order valence-electron chi connectivity index (χ4n) is 3.08. The summed E-state index contributed by atoms with van der Waals surface area (Å²) in [5.74, 6) is -0.233. The number of nitro benzene ring substituents is 1. The highest BCUT2D eigenvalue weighted by Gasteiger charge is 2.19. The Morgan fingerprint density at radius 1 is 1.17 bits per heavy atom. The molecule has 0 spiro atoms. The lowest BCUT2D eigenvalue weighted by Gasteiger charge is -2.32. The number of rotatable bonds is 5. The second-order valence-corrected chi connectivity index (χ2v) is 6.13. The number of nitro groups is 1. The predicted octanol–water partition coefficient (Wildman–Crippen LogP) is 3.81. The van der Waals surface area contributed by atoms with Crippen LogP contribution in [0.4, 0.5) is 15.8 Å². The molecule has 0 radical (unpaired) electrons. The van der Waals surface area contributed by atoms with Crippen molar-refractivity contribution in [1.29, 1.82) is 0 Å². The third-order valence-electron chi connectivity index (χ3n) is 4.31. The summed E-state index contributed by atoms with van der Waals surface area (Å²) in [5.41, 5.74) is 1.91. The summed E-state index contributed by atoms with van der Waals surface area (Å²) in [6.07, 6.45) is 1.93. The summed E-state index contributed by atoms with van der Waals surface area (Å²) in [4.78, 5) is 12.8. The molecule has 0 aliphatic carbocycles. The van der Waals surface area contributed by atoms with Gasteiger partial charge >= 0.3 is 0 Å². The number of piperidine rings is 1. The minimum Gasteiger partial charge on any atom is -0.382 e. The first-order valence-electron chi connectivity index (χ1n) is 8.08. The van der Waals surface area contributed by atoms with Crippen LogP contribution in [0.2, 0.25) is 0 Å². The molecule has 0 atom stereocenters. The average molecular weight is 329 g/mol. The van der Waals surface area contributed by atoms with E-state index in [9.17, 15) is 14.5 Å². The molecular weight excluding hydrogens is 309 g/mol. The molecule has 126 valence electrons. The van der Waals surface area contributed by atoms with Crippen molar-refractivity contribution >= 4 is 11.4 Å². The number of anilines is 1. The van der Waals surface area contributed by atoms with Gasteiger partial charge in [0.1, 0.15) is 5.82 Å². The minimum atomic E-state index is -0.362. The number of halogens is 1. The molecule has 1 aliphatic rings. The molecule has 0 bridgehead atoms. The maximum atomic E-state index is 13.2. The van der Waals surface area contributed by atoms with Gasteiger partial charge in [-0.2, -0.15) is 0 Å². The highest BCUT2D eigenvalue weighted by Crippen LogP contribution is 2.20. The standard InChI is InChI=1S/C18H20FN3O2/c19-15-4-2-5-17(12-15)20-16-7-9-21(10-8-16)13-14-3-1-6-18(11-14)22(23)24/h1-6,11-12,16,20H,7-10,13H2. The van der Waals surface area contributed by atoms with Crippen LogP contribution in [0.15, 0.2) is 48.5 Å². The Bertz CT molecular complexity index is 715. The predicted molar refractivity (Wildman–Crippen MR) is 91.4 cm³/mol. The van der Waals surface area contributed by atoms with Crippen molar-refractivity contribution in [3.63, 3.8) is 0 Å². The average Bonchev–Trinajstić information content (AvgIpc) is 2.57. The van der Waals surface area contributed by atoms with Crippen molar-refractivity contribution in [2.75, 3.05) is 18.4 Å². The highest BCUT2D eigenvalue weighted by molar-refractivity contribution is 5.44. The number of hydrogen-bond donors (Lipinski definition) is 1. The lowest BCUT2D eigenvalue weighted by Crippen LogP contribution is -2.38. The zero-order valence-corrected chi connectivity index (χ0v) is 13.3. The number of non-ortho nitro benzene ring substituents is 1. The van der Waals surface area contributed by atoms with Crippen molar-refractivity contribution in [2.45, 2.75) is 25.4 Å². The van der Waals surface area contributed by atoms with Crippen LogP contribution in [0.25, 0.3) is 0 Å². The zero-order chi connectivity index (χ0) is 16.9. The SMILES string of the molecule is O=[N+]([O-])c1cccc(CN2CCC(Nc3cccc(F)c3)CC2)c1. The van der Waals surface area contributed by atoms with Crippen molar-refractivity contribution < 1.29 is 9.31 Å². The van der Waals surface area contributed by atoms with Crippen molar-refractivity contribution in [1.82, 2.24) is 4.90 Å². The normalized spacial score (nSPS) is 16.0. The topological polar surface area (TPSA) is 58.4 Å². The van der Waals surface area contributed by atoms with E-state index in [0.29, 0.717) is 12.6 Å². The largest absolute Gasteiger partial charge is 0.382 e. The van der Waals surface area contributed by atoms with Gasteiger partial charge in [-0.3, -0.25) is 15.0 Å². The Labute approximate surface area is 140 Å². The molecule has 1 aliphatic heterocycles. The van der Waals surface area contributed by atoms with Gasteiger partial charge in [0.05, 0.1) is 4.92 Å². The molecule has 3 rings (SSSR count). The Morgan fingerprint density at radius 3 is 2.62 bits per heavy atom. The van der Waals surface area contributed by atoms with E-state index in [1.54, 1.807) is 18.2 Å². The number of hydrogen-bond acceptors (Lipinski definition) is 4. The van der Waals surface area contributed by atoms with Gasteiger partial charge in [0.2, 0.25) is 0 Å². The van der Waals surface area contributed by atoms with Gasteiger partial charge in [0, 0.05) is 43.5 Å². The van der Waals surface area contributed by atoms with Crippen LogP contribution in [0, 0.1) is 15.9 Å². The number of nitrogens with one attached hydrogen (secondary N) is 1. The Balaban J connectivity index is 1.52. The highest BCUT2D eigenvalue weighted by atomic mass is 19.1. The fraction of sp³-hybridized carbons (Fsp3) is 0.333. The van der Waals surface area contributed by atoms with Gasteiger partial charge < -0.3 is 5.32 Å². The van der Waals surface area contributed by atoms with Gasteiger partial charge in [0.25, 0.3) is 5.69 Å². The second-order valence-electron chi connectivity index (χ2n) is 6.13. The molecule has 0 saturated carbocycles. The molecule has 1 saturated heterocycles. The van der Waals surface area contributed by atoms with Gasteiger partial charge in [-0.05, 0) is 36.6 Å². The van der Waals surface area contributed by atoms with E-state index in [0.717, 1.165) is 37.2 Å². The molecule has 1 N–H and O–H groups in total. The molecule has 6 heteroatoms. The molecule has 2 aromatic rings. The van der Waals surface area contributed by atoms with Crippen molar-refractivity contribution in [2.24, 2.45) is 0 Å². The molecule has 1 heterocycles. The van der Waals surface area contributed by atoms with Crippen LogP contribution in [0.3, 0.4) is 0 Å². The van der Waals surface area contributed by atoms with Crippen LogP contribution < -0.4 is 5.32 Å². The monoisotopic (exact) mass is 329 g/mol. The van der Waals surface area contributed by atoms with E-state index in [4.69, 9.17) is 0 Å². The summed E-state index contributed by atoms with van der Waals surface area (Å²) in [6.45, 7) is 2.54. The molecule has 0 amide bonds. The van der Waals surface area contributed by atoms with Crippen LogP contribution in [0.1, 0.15) is 18.4 Å². The summed E-state index contributed by atoms with van der Waals surface area (Å²) < 4.78 is 13.2. The first kappa shape index (κ1) is 16.4. The lowest BCUT2D eigenvalue weighted by molar-refractivity contribution is -0.384. The minimum absolute atomic E-state index is 0.134. The number of benzene rings is 2. The van der Waals surface area contributed by atoms with Crippen LogP contribution in [-0.2, 0) is 6.54 Å². The molecule has 5 nitrogen and oxygen atoms in total. The summed E-state index contributed by atoms with van der Waals surface area (Å²) in [5, 5.41) is 14.2.